The number of hydrogen-bond acceptors (Lipinski definition) is 3. The van der Waals surface area contributed by atoms with Crippen LogP contribution in [0.2, 0.25) is 0 Å². The Bertz CT molecular complexity index is 497. The fraction of sp³-hybridized carbons (Fsp3) is 0.467. The largest absolute Gasteiger partial charge is 0.494 e. The van der Waals surface area contributed by atoms with Crippen LogP contribution in [-0.4, -0.2) is 35.5 Å². The Morgan fingerprint density at radius 1 is 1.30 bits per heavy atom. The number of nitrogens with zero attached hydrogens (tertiary/aromatic N) is 1. The number of ether oxygens (including phenoxy) is 1. The zero-order chi connectivity index (χ0) is 14.7. The highest BCUT2D eigenvalue weighted by molar-refractivity contribution is 5.89. The number of carboxylic acids is 1. The minimum absolute atomic E-state index is 0.0914. The molecule has 1 aliphatic carbocycles. The predicted molar refractivity (Wildman–Crippen MR) is 73.3 cm³/mol. The molecule has 1 N–H and O–H groups in total. The van der Waals surface area contributed by atoms with Crippen LogP contribution in [0.3, 0.4) is 0 Å². The standard InChI is InChI=1S/C15H19NO4/c1-3-20-11-6-4-10(5-7-11)9-16(2)14(17)12-8-13(12)15(18)19/h4-7,12-13H,3,8-9H2,1-2H3,(H,18,19)/t12-,13+/m1/s1. The van der Waals surface area contributed by atoms with Crippen molar-refractivity contribution in [1.82, 2.24) is 4.90 Å². The van der Waals surface area contributed by atoms with Gasteiger partial charge in [0.1, 0.15) is 5.75 Å². The van der Waals surface area contributed by atoms with Crippen LogP contribution in [0, 0.1) is 11.8 Å². The molecule has 0 unspecified atom stereocenters. The predicted octanol–water partition coefficient (Wildman–Crippen LogP) is 1.76. The van der Waals surface area contributed by atoms with E-state index in [-0.39, 0.29) is 11.8 Å². The molecule has 2 rings (SSSR count). The first-order valence-corrected chi connectivity index (χ1v) is 6.72. The molecule has 2 atom stereocenters. The molecular weight excluding hydrogens is 258 g/mol. The van der Waals surface area contributed by atoms with Gasteiger partial charge in [-0.1, -0.05) is 12.1 Å². The molecule has 0 radical (unpaired) electrons. The number of aliphatic carboxylic acids is 1. The number of carboxylic acid groups (broad SMARTS) is 1. The van der Waals surface area contributed by atoms with Crippen LogP contribution in [0.1, 0.15) is 18.9 Å². The van der Waals surface area contributed by atoms with Crippen LogP contribution >= 0.6 is 0 Å². The highest BCUT2D eigenvalue weighted by atomic mass is 16.5. The van der Waals surface area contributed by atoms with E-state index in [0.717, 1.165) is 11.3 Å². The molecule has 1 aromatic rings. The van der Waals surface area contributed by atoms with Crippen molar-refractivity contribution in [2.75, 3.05) is 13.7 Å². The van der Waals surface area contributed by atoms with Gasteiger partial charge in [-0.25, -0.2) is 0 Å². The minimum Gasteiger partial charge on any atom is -0.494 e. The summed E-state index contributed by atoms with van der Waals surface area (Å²) < 4.78 is 5.36. The Balaban J connectivity index is 1.89. The maximum Gasteiger partial charge on any atom is 0.307 e. The zero-order valence-electron chi connectivity index (χ0n) is 11.7. The van der Waals surface area contributed by atoms with Gasteiger partial charge in [0.05, 0.1) is 18.4 Å². The summed E-state index contributed by atoms with van der Waals surface area (Å²) in [6.45, 7) is 3.03. The lowest BCUT2D eigenvalue weighted by Crippen LogP contribution is -2.28. The third-order valence-electron chi connectivity index (χ3n) is 3.46. The van der Waals surface area contributed by atoms with Gasteiger partial charge in [0.2, 0.25) is 5.91 Å². The summed E-state index contributed by atoms with van der Waals surface area (Å²) in [7, 11) is 1.70. The molecule has 0 aromatic heterocycles. The van der Waals surface area contributed by atoms with Crippen molar-refractivity contribution in [1.29, 1.82) is 0 Å². The lowest BCUT2D eigenvalue weighted by Gasteiger charge is -2.17. The molecule has 1 amide bonds. The molecule has 5 heteroatoms. The first-order valence-electron chi connectivity index (χ1n) is 6.72. The second-order valence-electron chi connectivity index (χ2n) is 5.06. The van der Waals surface area contributed by atoms with Gasteiger partial charge in [0.25, 0.3) is 0 Å². The van der Waals surface area contributed by atoms with Crippen LogP contribution < -0.4 is 4.74 Å². The molecule has 0 aliphatic heterocycles. The number of hydrogen-bond donors (Lipinski definition) is 1. The number of benzene rings is 1. The first-order chi connectivity index (χ1) is 9.52. The molecule has 1 saturated carbocycles. The van der Waals surface area contributed by atoms with E-state index in [1.807, 2.05) is 31.2 Å². The summed E-state index contributed by atoms with van der Waals surface area (Å²) in [5, 5.41) is 8.84. The highest BCUT2D eigenvalue weighted by Gasteiger charge is 2.49. The van der Waals surface area contributed by atoms with Crippen LogP contribution in [-0.2, 0) is 16.1 Å². The second-order valence-corrected chi connectivity index (χ2v) is 5.06. The van der Waals surface area contributed by atoms with E-state index in [2.05, 4.69) is 0 Å². The number of amides is 1. The number of carbonyl (C=O) groups is 2. The van der Waals surface area contributed by atoms with Crippen molar-refractivity contribution in [2.24, 2.45) is 11.8 Å². The Morgan fingerprint density at radius 2 is 1.95 bits per heavy atom. The van der Waals surface area contributed by atoms with Crippen molar-refractivity contribution in [3.8, 4) is 5.75 Å². The third-order valence-corrected chi connectivity index (χ3v) is 3.46. The summed E-state index contributed by atoms with van der Waals surface area (Å²) in [5.41, 5.74) is 0.997. The molecule has 1 aromatic carbocycles. The van der Waals surface area contributed by atoms with Crippen LogP contribution in [0.4, 0.5) is 0 Å². The van der Waals surface area contributed by atoms with Gasteiger partial charge in [-0.3, -0.25) is 9.59 Å². The van der Waals surface area contributed by atoms with Crippen LogP contribution in [0.25, 0.3) is 0 Å². The molecular formula is C15H19NO4. The molecule has 0 bridgehead atoms. The molecule has 1 fully saturated rings. The smallest absolute Gasteiger partial charge is 0.307 e. The van der Waals surface area contributed by atoms with Crippen LogP contribution in [0.15, 0.2) is 24.3 Å². The molecule has 1 aliphatic rings. The van der Waals surface area contributed by atoms with E-state index in [1.165, 1.54) is 0 Å². The molecule has 0 spiro atoms. The van der Waals surface area contributed by atoms with E-state index in [1.54, 1.807) is 11.9 Å². The Morgan fingerprint density at radius 3 is 2.45 bits per heavy atom. The summed E-state index contributed by atoms with van der Waals surface area (Å²) in [5.74, 6) is -1.01. The minimum atomic E-state index is -0.877. The van der Waals surface area contributed by atoms with E-state index in [0.29, 0.717) is 19.6 Å². The molecule has 0 saturated heterocycles. The summed E-state index contributed by atoms with van der Waals surface area (Å²) in [6.07, 6.45) is 0.460. The van der Waals surface area contributed by atoms with Crippen molar-refractivity contribution < 1.29 is 19.4 Å². The van der Waals surface area contributed by atoms with E-state index in [4.69, 9.17) is 9.84 Å². The van der Waals surface area contributed by atoms with Gasteiger partial charge in [-0.15, -0.1) is 0 Å². The summed E-state index contributed by atoms with van der Waals surface area (Å²) >= 11 is 0. The quantitative estimate of drug-likeness (QED) is 0.860. The normalized spacial score (nSPS) is 20.3. The Kier molecular flexibility index (Phi) is 4.27. The SMILES string of the molecule is CCOc1ccc(CN(C)C(=O)[C@@H]2C[C@@H]2C(=O)O)cc1. The van der Waals surface area contributed by atoms with Crippen LogP contribution in [0.5, 0.6) is 5.75 Å². The fourth-order valence-electron chi connectivity index (χ4n) is 2.23. The topological polar surface area (TPSA) is 66.8 Å². The molecule has 5 nitrogen and oxygen atoms in total. The van der Waals surface area contributed by atoms with Crippen molar-refractivity contribution in [3.05, 3.63) is 29.8 Å². The lowest BCUT2D eigenvalue weighted by molar-refractivity contribution is -0.141. The van der Waals surface area contributed by atoms with Crippen molar-refractivity contribution in [3.63, 3.8) is 0 Å². The third kappa shape index (κ3) is 3.29. The Hall–Kier alpha value is -2.04. The van der Waals surface area contributed by atoms with E-state index >= 15 is 0 Å². The summed E-state index contributed by atoms with van der Waals surface area (Å²) in [4.78, 5) is 24.4. The number of carbonyl (C=O) groups excluding carboxylic acids is 1. The second kappa shape index (κ2) is 5.94. The zero-order valence-corrected chi connectivity index (χ0v) is 11.7. The Labute approximate surface area is 118 Å². The molecule has 108 valence electrons. The van der Waals surface area contributed by atoms with Gasteiger partial charge >= 0.3 is 5.97 Å². The maximum atomic E-state index is 12.0. The molecule has 20 heavy (non-hydrogen) atoms. The monoisotopic (exact) mass is 277 g/mol. The van der Waals surface area contributed by atoms with Gasteiger partial charge in [-0.2, -0.15) is 0 Å². The van der Waals surface area contributed by atoms with E-state index in [9.17, 15) is 9.59 Å². The molecule has 0 heterocycles. The van der Waals surface area contributed by atoms with Crippen molar-refractivity contribution in [2.45, 2.75) is 19.9 Å². The van der Waals surface area contributed by atoms with Gasteiger partial charge in [0, 0.05) is 13.6 Å². The van der Waals surface area contributed by atoms with Gasteiger partial charge in [-0.05, 0) is 31.0 Å². The first kappa shape index (κ1) is 14.4. The highest BCUT2D eigenvalue weighted by Crippen LogP contribution is 2.40. The van der Waals surface area contributed by atoms with Gasteiger partial charge < -0.3 is 14.7 Å². The van der Waals surface area contributed by atoms with Gasteiger partial charge in [0.15, 0.2) is 0 Å². The summed E-state index contributed by atoms with van der Waals surface area (Å²) in [6, 6.07) is 7.56. The lowest BCUT2D eigenvalue weighted by atomic mass is 10.2. The average molecular weight is 277 g/mol. The maximum absolute atomic E-state index is 12.0. The number of rotatable bonds is 6. The fourth-order valence-corrected chi connectivity index (χ4v) is 2.23. The van der Waals surface area contributed by atoms with Crippen molar-refractivity contribution >= 4 is 11.9 Å². The van der Waals surface area contributed by atoms with E-state index < -0.39 is 11.9 Å². The average Bonchev–Trinajstić information content (AvgIpc) is 3.21.